The smallest absolute Gasteiger partial charge is 0.232 e. The van der Waals surface area contributed by atoms with Crippen molar-refractivity contribution in [1.29, 1.82) is 0 Å². The van der Waals surface area contributed by atoms with Gasteiger partial charge in [-0.05, 0) is 52.3 Å². The van der Waals surface area contributed by atoms with Crippen molar-refractivity contribution >= 4 is 11.6 Å². The van der Waals surface area contributed by atoms with E-state index in [1.165, 1.54) is 0 Å². The standard InChI is InChI=1S/C16H26N2O2/c1-6-18(11-15(2,3)20)14(19)16(4,5)12-7-9-13(17)10-8-12/h7-10,20H,6,11,17H2,1-5H3. The van der Waals surface area contributed by atoms with Crippen molar-refractivity contribution in [2.45, 2.75) is 45.6 Å². The highest BCUT2D eigenvalue weighted by molar-refractivity contribution is 5.87. The lowest BCUT2D eigenvalue weighted by Crippen LogP contribution is -2.48. The maximum Gasteiger partial charge on any atom is 0.232 e. The number of hydrogen-bond donors (Lipinski definition) is 2. The molecule has 0 bridgehead atoms. The Labute approximate surface area is 121 Å². The van der Waals surface area contributed by atoms with Gasteiger partial charge < -0.3 is 15.7 Å². The Hall–Kier alpha value is -1.55. The summed E-state index contributed by atoms with van der Waals surface area (Å²) in [6.07, 6.45) is 0. The van der Waals surface area contributed by atoms with E-state index in [4.69, 9.17) is 5.73 Å². The molecule has 3 N–H and O–H groups in total. The van der Waals surface area contributed by atoms with E-state index in [1.807, 2.05) is 32.9 Å². The van der Waals surface area contributed by atoms with E-state index in [2.05, 4.69) is 0 Å². The summed E-state index contributed by atoms with van der Waals surface area (Å²) in [5.74, 6) is 0.00639. The number of hydrogen-bond acceptors (Lipinski definition) is 3. The van der Waals surface area contributed by atoms with E-state index in [0.29, 0.717) is 18.8 Å². The molecule has 1 aromatic rings. The zero-order chi connectivity index (χ0) is 15.6. The van der Waals surface area contributed by atoms with Gasteiger partial charge in [0.05, 0.1) is 11.0 Å². The lowest BCUT2D eigenvalue weighted by molar-refractivity contribution is -0.139. The number of rotatable bonds is 5. The normalized spacial score (nSPS) is 12.3. The molecule has 0 radical (unpaired) electrons. The summed E-state index contributed by atoms with van der Waals surface area (Å²) in [6, 6.07) is 7.36. The van der Waals surface area contributed by atoms with Gasteiger partial charge in [-0.15, -0.1) is 0 Å². The quantitative estimate of drug-likeness (QED) is 0.811. The minimum absolute atomic E-state index is 0.00639. The van der Waals surface area contributed by atoms with Crippen LogP contribution >= 0.6 is 0 Å². The molecule has 4 heteroatoms. The Morgan fingerprint density at radius 1 is 1.20 bits per heavy atom. The predicted octanol–water partition coefficient (Wildman–Crippen LogP) is 2.17. The minimum Gasteiger partial charge on any atom is -0.399 e. The molecule has 0 aliphatic carbocycles. The predicted molar refractivity (Wildman–Crippen MR) is 82.4 cm³/mol. The summed E-state index contributed by atoms with van der Waals surface area (Å²) in [5.41, 5.74) is 5.75. The Morgan fingerprint density at radius 3 is 2.10 bits per heavy atom. The van der Waals surface area contributed by atoms with Crippen molar-refractivity contribution in [1.82, 2.24) is 4.90 Å². The molecule has 0 aliphatic rings. The summed E-state index contributed by atoms with van der Waals surface area (Å²) in [7, 11) is 0. The summed E-state index contributed by atoms with van der Waals surface area (Å²) >= 11 is 0. The average molecular weight is 278 g/mol. The van der Waals surface area contributed by atoms with Crippen molar-refractivity contribution in [3.8, 4) is 0 Å². The van der Waals surface area contributed by atoms with Crippen molar-refractivity contribution in [3.63, 3.8) is 0 Å². The van der Waals surface area contributed by atoms with Crippen LogP contribution in [0.25, 0.3) is 0 Å². The van der Waals surface area contributed by atoms with Crippen LogP contribution in [-0.2, 0) is 10.2 Å². The number of nitrogen functional groups attached to an aromatic ring is 1. The van der Waals surface area contributed by atoms with Gasteiger partial charge in [-0.2, -0.15) is 0 Å². The molecule has 1 aromatic carbocycles. The number of nitrogens with zero attached hydrogens (tertiary/aromatic N) is 1. The molecule has 0 fully saturated rings. The Balaban J connectivity index is 3.00. The molecule has 1 rings (SSSR count). The number of anilines is 1. The molecule has 20 heavy (non-hydrogen) atoms. The Bertz CT molecular complexity index is 458. The molecule has 4 nitrogen and oxygen atoms in total. The number of amides is 1. The Kier molecular flexibility index (Phi) is 4.81. The lowest BCUT2D eigenvalue weighted by atomic mass is 9.83. The Morgan fingerprint density at radius 2 is 1.70 bits per heavy atom. The van der Waals surface area contributed by atoms with Crippen LogP contribution in [0.2, 0.25) is 0 Å². The van der Waals surface area contributed by atoms with Gasteiger partial charge in [0.2, 0.25) is 5.91 Å². The SMILES string of the molecule is CCN(CC(C)(C)O)C(=O)C(C)(C)c1ccc(N)cc1. The van der Waals surface area contributed by atoms with Crippen molar-refractivity contribution in [3.05, 3.63) is 29.8 Å². The summed E-state index contributed by atoms with van der Waals surface area (Å²) in [5, 5.41) is 9.93. The number of benzene rings is 1. The fourth-order valence-electron chi connectivity index (χ4n) is 2.21. The number of carbonyl (C=O) groups is 1. The molecule has 0 heterocycles. The number of likely N-dealkylation sites (N-methyl/N-ethyl adjacent to an activating group) is 1. The van der Waals surface area contributed by atoms with Crippen LogP contribution in [0.4, 0.5) is 5.69 Å². The average Bonchev–Trinajstić information content (AvgIpc) is 2.34. The van der Waals surface area contributed by atoms with Crippen LogP contribution < -0.4 is 5.73 Å². The fourth-order valence-corrected chi connectivity index (χ4v) is 2.21. The second kappa shape index (κ2) is 5.83. The van der Waals surface area contributed by atoms with Gasteiger partial charge >= 0.3 is 0 Å². The van der Waals surface area contributed by atoms with Gasteiger partial charge in [0.15, 0.2) is 0 Å². The third-order valence-corrected chi connectivity index (χ3v) is 3.41. The molecule has 0 spiro atoms. The summed E-state index contributed by atoms with van der Waals surface area (Å²) < 4.78 is 0. The minimum atomic E-state index is -0.900. The molecular weight excluding hydrogens is 252 g/mol. The summed E-state index contributed by atoms with van der Waals surface area (Å²) in [4.78, 5) is 14.4. The van der Waals surface area contributed by atoms with E-state index in [9.17, 15) is 9.90 Å². The zero-order valence-electron chi connectivity index (χ0n) is 13.1. The zero-order valence-corrected chi connectivity index (χ0v) is 13.1. The lowest BCUT2D eigenvalue weighted by Gasteiger charge is -2.35. The molecule has 0 aliphatic heterocycles. The summed E-state index contributed by atoms with van der Waals surface area (Å²) in [6.45, 7) is 10.0. The second-order valence-electron chi connectivity index (χ2n) is 6.38. The fraction of sp³-hybridized carbons (Fsp3) is 0.562. The van der Waals surface area contributed by atoms with Crippen molar-refractivity contribution in [2.75, 3.05) is 18.8 Å². The third kappa shape index (κ3) is 3.97. The molecule has 0 unspecified atom stereocenters. The van der Waals surface area contributed by atoms with E-state index < -0.39 is 11.0 Å². The first kappa shape index (κ1) is 16.5. The van der Waals surface area contributed by atoms with Gasteiger partial charge in [0.1, 0.15) is 0 Å². The largest absolute Gasteiger partial charge is 0.399 e. The van der Waals surface area contributed by atoms with Crippen LogP contribution in [-0.4, -0.2) is 34.6 Å². The van der Waals surface area contributed by atoms with Gasteiger partial charge in [0, 0.05) is 18.8 Å². The molecule has 0 atom stereocenters. The topological polar surface area (TPSA) is 66.6 Å². The van der Waals surface area contributed by atoms with Crippen LogP contribution in [0.5, 0.6) is 0 Å². The number of aliphatic hydroxyl groups is 1. The number of carbonyl (C=O) groups excluding carboxylic acids is 1. The molecule has 0 saturated heterocycles. The van der Waals surface area contributed by atoms with Crippen LogP contribution in [0.1, 0.15) is 40.2 Å². The van der Waals surface area contributed by atoms with Gasteiger partial charge in [0.25, 0.3) is 0 Å². The molecular formula is C16H26N2O2. The van der Waals surface area contributed by atoms with E-state index in [-0.39, 0.29) is 5.91 Å². The third-order valence-electron chi connectivity index (χ3n) is 3.41. The van der Waals surface area contributed by atoms with Crippen LogP contribution in [0.3, 0.4) is 0 Å². The second-order valence-corrected chi connectivity index (χ2v) is 6.38. The molecule has 0 aromatic heterocycles. The first-order valence-electron chi connectivity index (χ1n) is 6.95. The molecule has 1 amide bonds. The van der Waals surface area contributed by atoms with Crippen LogP contribution in [0.15, 0.2) is 24.3 Å². The monoisotopic (exact) mass is 278 g/mol. The van der Waals surface area contributed by atoms with Gasteiger partial charge in [-0.1, -0.05) is 12.1 Å². The van der Waals surface area contributed by atoms with Gasteiger partial charge in [-0.3, -0.25) is 4.79 Å². The number of nitrogens with two attached hydrogens (primary N) is 1. The van der Waals surface area contributed by atoms with Crippen LogP contribution in [0, 0.1) is 0 Å². The van der Waals surface area contributed by atoms with E-state index in [1.54, 1.807) is 30.9 Å². The molecule has 112 valence electrons. The van der Waals surface area contributed by atoms with E-state index >= 15 is 0 Å². The maximum absolute atomic E-state index is 12.7. The van der Waals surface area contributed by atoms with Crippen molar-refractivity contribution in [2.24, 2.45) is 0 Å². The van der Waals surface area contributed by atoms with E-state index in [0.717, 1.165) is 5.56 Å². The van der Waals surface area contributed by atoms with Gasteiger partial charge in [-0.25, -0.2) is 0 Å². The van der Waals surface area contributed by atoms with Crippen molar-refractivity contribution < 1.29 is 9.90 Å². The first-order chi connectivity index (χ1) is 9.08. The first-order valence-corrected chi connectivity index (χ1v) is 6.95. The highest BCUT2D eigenvalue weighted by Gasteiger charge is 2.34. The highest BCUT2D eigenvalue weighted by Crippen LogP contribution is 2.27. The molecule has 0 saturated carbocycles. The highest BCUT2D eigenvalue weighted by atomic mass is 16.3. The maximum atomic E-state index is 12.7.